The summed E-state index contributed by atoms with van der Waals surface area (Å²) >= 11 is 1.83. The number of benzene rings is 1. The van der Waals surface area contributed by atoms with Gasteiger partial charge in [-0.25, -0.2) is 0 Å². The van der Waals surface area contributed by atoms with Crippen molar-refractivity contribution in [3.8, 4) is 0 Å². The Kier molecular flexibility index (Phi) is 7.60. The van der Waals surface area contributed by atoms with Gasteiger partial charge in [-0.3, -0.25) is 14.9 Å². The van der Waals surface area contributed by atoms with Gasteiger partial charge in [0.2, 0.25) is 0 Å². The normalized spacial score (nSPS) is 10.3. The molecule has 0 unspecified atom stereocenters. The van der Waals surface area contributed by atoms with Crippen LogP contribution in [0.25, 0.3) is 0 Å². The summed E-state index contributed by atoms with van der Waals surface area (Å²) < 4.78 is 0. The van der Waals surface area contributed by atoms with Crippen molar-refractivity contribution in [1.82, 2.24) is 5.32 Å². The number of para-hydroxylation sites is 1. The highest BCUT2D eigenvalue weighted by molar-refractivity contribution is 7.98. The lowest BCUT2D eigenvalue weighted by atomic mass is 10.1. The average molecular weight is 311 g/mol. The van der Waals surface area contributed by atoms with E-state index >= 15 is 0 Å². The van der Waals surface area contributed by atoms with Crippen molar-refractivity contribution in [3.63, 3.8) is 0 Å². The number of nitro benzene ring substituents is 1. The van der Waals surface area contributed by atoms with Crippen LogP contribution < -0.4 is 11.1 Å². The average Bonchev–Trinajstić information content (AvgIpc) is 2.46. The van der Waals surface area contributed by atoms with Gasteiger partial charge < -0.3 is 11.1 Å². The van der Waals surface area contributed by atoms with Crippen LogP contribution in [0.5, 0.6) is 0 Å². The van der Waals surface area contributed by atoms with Crippen LogP contribution in [0.4, 0.5) is 11.4 Å². The van der Waals surface area contributed by atoms with Crippen LogP contribution in [0.3, 0.4) is 0 Å². The minimum absolute atomic E-state index is 0.0834. The van der Waals surface area contributed by atoms with Crippen LogP contribution in [-0.2, 0) is 0 Å². The van der Waals surface area contributed by atoms with Gasteiger partial charge in [0.15, 0.2) is 0 Å². The molecule has 7 heteroatoms. The molecular weight excluding hydrogens is 290 g/mol. The Labute approximate surface area is 128 Å². The summed E-state index contributed by atoms with van der Waals surface area (Å²) in [6.07, 6.45) is 6.38. The van der Waals surface area contributed by atoms with E-state index in [0.29, 0.717) is 6.54 Å². The molecular formula is C14H21N3O3S. The van der Waals surface area contributed by atoms with E-state index in [2.05, 4.69) is 11.6 Å². The number of nitro groups is 1. The first kappa shape index (κ1) is 17.3. The lowest BCUT2D eigenvalue weighted by molar-refractivity contribution is -0.383. The molecule has 0 heterocycles. The minimum atomic E-state index is -0.585. The molecule has 0 aliphatic rings. The first-order valence-electron chi connectivity index (χ1n) is 6.88. The van der Waals surface area contributed by atoms with Crippen molar-refractivity contribution < 1.29 is 9.72 Å². The number of amides is 1. The standard InChI is InChI=1S/C14H21N3O3S/c1-21-10-5-3-2-4-9-16-14(18)11-7-6-8-12(13(11)15)17(19)20/h6-8H,2-5,9-10,15H2,1H3,(H,16,18). The molecule has 0 bridgehead atoms. The number of carbonyl (C=O) groups excluding carboxylic acids is 1. The number of nitrogen functional groups attached to an aromatic ring is 1. The van der Waals surface area contributed by atoms with E-state index in [-0.39, 0.29) is 22.8 Å². The Balaban J connectivity index is 2.42. The number of hydrogen-bond acceptors (Lipinski definition) is 5. The van der Waals surface area contributed by atoms with E-state index in [1.165, 1.54) is 24.6 Å². The van der Waals surface area contributed by atoms with E-state index in [4.69, 9.17) is 5.73 Å². The van der Waals surface area contributed by atoms with Crippen molar-refractivity contribution in [3.05, 3.63) is 33.9 Å². The van der Waals surface area contributed by atoms with Gasteiger partial charge in [-0.05, 0) is 30.9 Å². The molecule has 116 valence electrons. The smallest absolute Gasteiger partial charge is 0.292 e. The molecule has 0 radical (unpaired) electrons. The number of anilines is 1. The number of rotatable bonds is 9. The largest absolute Gasteiger partial charge is 0.393 e. The first-order chi connectivity index (χ1) is 10.1. The lowest BCUT2D eigenvalue weighted by Gasteiger charge is -2.07. The maximum Gasteiger partial charge on any atom is 0.292 e. The molecule has 1 aromatic rings. The molecule has 0 saturated heterocycles. The topological polar surface area (TPSA) is 98.3 Å². The monoisotopic (exact) mass is 311 g/mol. The quantitative estimate of drug-likeness (QED) is 0.316. The molecule has 21 heavy (non-hydrogen) atoms. The SMILES string of the molecule is CSCCCCCCNC(=O)c1cccc([N+](=O)[O-])c1N. The molecule has 3 N–H and O–H groups in total. The number of unbranched alkanes of at least 4 members (excludes halogenated alkanes) is 3. The molecule has 0 spiro atoms. The Morgan fingerprint density at radius 1 is 1.33 bits per heavy atom. The summed E-state index contributed by atoms with van der Waals surface area (Å²) in [7, 11) is 0. The molecule has 0 aliphatic heterocycles. The zero-order chi connectivity index (χ0) is 15.7. The van der Waals surface area contributed by atoms with Crippen LogP contribution in [0.1, 0.15) is 36.0 Å². The Morgan fingerprint density at radius 2 is 2.05 bits per heavy atom. The van der Waals surface area contributed by atoms with Crippen molar-refractivity contribution in [1.29, 1.82) is 0 Å². The summed E-state index contributed by atoms with van der Waals surface area (Å²) in [6.45, 7) is 0.556. The number of nitrogens with zero attached hydrogens (tertiary/aromatic N) is 1. The van der Waals surface area contributed by atoms with Crippen LogP contribution in [-0.4, -0.2) is 29.4 Å². The molecule has 0 atom stereocenters. The third-order valence-corrected chi connectivity index (χ3v) is 3.78. The summed E-state index contributed by atoms with van der Waals surface area (Å²) in [5, 5.41) is 13.5. The predicted octanol–water partition coefficient (Wildman–Crippen LogP) is 2.83. The second kappa shape index (κ2) is 9.23. The van der Waals surface area contributed by atoms with E-state index in [1.54, 1.807) is 0 Å². The van der Waals surface area contributed by atoms with Crippen LogP contribution in [0.15, 0.2) is 18.2 Å². The van der Waals surface area contributed by atoms with E-state index in [9.17, 15) is 14.9 Å². The molecule has 6 nitrogen and oxygen atoms in total. The van der Waals surface area contributed by atoms with E-state index < -0.39 is 4.92 Å². The molecule has 1 amide bonds. The van der Waals surface area contributed by atoms with Gasteiger partial charge in [0.25, 0.3) is 11.6 Å². The van der Waals surface area contributed by atoms with Crippen molar-refractivity contribution in [2.45, 2.75) is 25.7 Å². The van der Waals surface area contributed by atoms with Crippen LogP contribution >= 0.6 is 11.8 Å². The molecule has 0 fully saturated rings. The number of nitrogens with two attached hydrogens (primary N) is 1. The highest BCUT2D eigenvalue weighted by Gasteiger charge is 2.18. The van der Waals surface area contributed by atoms with Gasteiger partial charge in [-0.1, -0.05) is 18.9 Å². The summed E-state index contributed by atoms with van der Waals surface area (Å²) in [6, 6.07) is 4.25. The van der Waals surface area contributed by atoms with Crippen LogP contribution in [0, 0.1) is 10.1 Å². The van der Waals surface area contributed by atoms with Gasteiger partial charge in [0.1, 0.15) is 5.69 Å². The highest BCUT2D eigenvalue weighted by Crippen LogP contribution is 2.24. The third-order valence-electron chi connectivity index (χ3n) is 3.09. The molecule has 0 saturated carbocycles. The predicted molar refractivity (Wildman–Crippen MR) is 86.7 cm³/mol. The zero-order valence-corrected chi connectivity index (χ0v) is 12.9. The summed E-state index contributed by atoms with van der Waals surface area (Å²) in [5.41, 5.74) is 5.50. The maximum atomic E-state index is 12.0. The Hall–Kier alpha value is -1.76. The molecule has 1 rings (SSSR count). The second-order valence-corrected chi connectivity index (χ2v) is 5.64. The molecule has 0 aromatic heterocycles. The van der Waals surface area contributed by atoms with E-state index in [1.807, 2.05) is 11.8 Å². The fourth-order valence-corrected chi connectivity index (χ4v) is 2.43. The van der Waals surface area contributed by atoms with Gasteiger partial charge in [-0.15, -0.1) is 0 Å². The number of carbonyl (C=O) groups is 1. The van der Waals surface area contributed by atoms with Gasteiger partial charge in [0.05, 0.1) is 10.5 Å². The van der Waals surface area contributed by atoms with Gasteiger partial charge in [-0.2, -0.15) is 11.8 Å². The first-order valence-corrected chi connectivity index (χ1v) is 8.27. The number of thioether (sulfide) groups is 1. The van der Waals surface area contributed by atoms with Crippen LogP contribution in [0.2, 0.25) is 0 Å². The minimum Gasteiger partial charge on any atom is -0.393 e. The maximum absolute atomic E-state index is 12.0. The fraction of sp³-hybridized carbons (Fsp3) is 0.500. The zero-order valence-electron chi connectivity index (χ0n) is 12.1. The summed E-state index contributed by atoms with van der Waals surface area (Å²) in [4.78, 5) is 22.1. The van der Waals surface area contributed by atoms with Gasteiger partial charge in [0, 0.05) is 12.6 Å². The number of hydrogen-bond donors (Lipinski definition) is 2. The van der Waals surface area contributed by atoms with Crippen molar-refractivity contribution >= 4 is 29.0 Å². The Morgan fingerprint density at radius 3 is 2.71 bits per heavy atom. The second-order valence-electron chi connectivity index (χ2n) is 4.66. The third kappa shape index (κ3) is 5.63. The van der Waals surface area contributed by atoms with Crippen molar-refractivity contribution in [2.75, 3.05) is 24.3 Å². The Bertz CT molecular complexity index is 494. The lowest BCUT2D eigenvalue weighted by Crippen LogP contribution is -2.25. The van der Waals surface area contributed by atoms with E-state index in [0.717, 1.165) is 25.0 Å². The summed E-state index contributed by atoms with van der Waals surface area (Å²) in [5.74, 6) is 0.802. The van der Waals surface area contributed by atoms with Gasteiger partial charge >= 0.3 is 0 Å². The fourth-order valence-electron chi connectivity index (χ4n) is 1.93. The number of nitrogens with one attached hydrogen (secondary N) is 1. The van der Waals surface area contributed by atoms with Crippen molar-refractivity contribution in [2.24, 2.45) is 0 Å². The molecule has 1 aromatic carbocycles. The highest BCUT2D eigenvalue weighted by atomic mass is 32.2. The molecule has 0 aliphatic carbocycles.